The van der Waals surface area contributed by atoms with Gasteiger partial charge < -0.3 is 18.9 Å². The van der Waals surface area contributed by atoms with Crippen LogP contribution in [-0.2, 0) is 7.05 Å². The van der Waals surface area contributed by atoms with E-state index in [4.69, 9.17) is 9.47 Å². The smallest absolute Gasteiger partial charge is 0.254 e. The van der Waals surface area contributed by atoms with Gasteiger partial charge in [-0.2, -0.15) is 0 Å². The summed E-state index contributed by atoms with van der Waals surface area (Å²) < 4.78 is 13.2. The highest BCUT2D eigenvalue weighted by molar-refractivity contribution is 5.94. The van der Waals surface area contributed by atoms with Crippen molar-refractivity contribution >= 4 is 5.91 Å². The van der Waals surface area contributed by atoms with Crippen LogP contribution < -0.4 is 15.0 Å². The maximum atomic E-state index is 12.7. The minimum absolute atomic E-state index is 0.00800. The SMILES string of the molecule is CCCCOc1ccc(C(=O)N2CCC(Oc3cc(C)n(C)c(=O)c3)C2)cc1. The third-order valence-corrected chi connectivity index (χ3v) is 5.08. The second-order valence-electron chi connectivity index (χ2n) is 7.24. The molecule has 0 N–H and O–H groups in total. The number of hydrogen-bond acceptors (Lipinski definition) is 4. The molecule has 6 heteroatoms. The lowest BCUT2D eigenvalue weighted by atomic mass is 10.2. The molecule has 150 valence electrons. The number of ether oxygens (including phenoxy) is 2. The number of pyridine rings is 1. The number of unbranched alkanes of at least 4 members (excludes halogenated alkanes) is 1. The van der Waals surface area contributed by atoms with Gasteiger partial charge in [-0.05, 0) is 43.7 Å². The van der Waals surface area contributed by atoms with Crippen LogP contribution in [0.1, 0.15) is 42.2 Å². The molecule has 2 heterocycles. The minimum atomic E-state index is -0.105. The zero-order valence-electron chi connectivity index (χ0n) is 16.8. The van der Waals surface area contributed by atoms with Gasteiger partial charge in [-0.1, -0.05) is 13.3 Å². The van der Waals surface area contributed by atoms with Crippen LogP contribution in [0.4, 0.5) is 0 Å². The second kappa shape index (κ2) is 8.95. The summed E-state index contributed by atoms with van der Waals surface area (Å²) in [5.41, 5.74) is 1.39. The van der Waals surface area contributed by atoms with E-state index in [9.17, 15) is 9.59 Å². The fourth-order valence-electron chi connectivity index (χ4n) is 3.22. The van der Waals surface area contributed by atoms with E-state index in [1.807, 2.05) is 37.3 Å². The number of likely N-dealkylation sites (tertiary alicyclic amines) is 1. The summed E-state index contributed by atoms with van der Waals surface area (Å²) in [7, 11) is 1.73. The molecule has 6 nitrogen and oxygen atoms in total. The molecule has 1 aliphatic rings. The van der Waals surface area contributed by atoms with Crippen molar-refractivity contribution in [1.29, 1.82) is 0 Å². The molecule has 1 aromatic heterocycles. The van der Waals surface area contributed by atoms with E-state index >= 15 is 0 Å². The van der Waals surface area contributed by atoms with Crippen LogP contribution in [0.5, 0.6) is 11.5 Å². The second-order valence-corrected chi connectivity index (χ2v) is 7.24. The van der Waals surface area contributed by atoms with Crippen LogP contribution in [0.3, 0.4) is 0 Å². The van der Waals surface area contributed by atoms with Gasteiger partial charge in [-0.15, -0.1) is 0 Å². The van der Waals surface area contributed by atoms with Crippen LogP contribution in [0.2, 0.25) is 0 Å². The summed E-state index contributed by atoms with van der Waals surface area (Å²) in [4.78, 5) is 26.5. The Morgan fingerprint density at radius 3 is 2.61 bits per heavy atom. The minimum Gasteiger partial charge on any atom is -0.494 e. The predicted octanol–water partition coefficient (Wildman–Crippen LogP) is 3.17. The normalized spacial score (nSPS) is 16.2. The molecule has 1 atom stereocenters. The Morgan fingerprint density at radius 1 is 1.18 bits per heavy atom. The maximum Gasteiger partial charge on any atom is 0.254 e. The van der Waals surface area contributed by atoms with Crippen molar-refractivity contribution in [2.45, 2.75) is 39.2 Å². The van der Waals surface area contributed by atoms with Gasteiger partial charge in [0.2, 0.25) is 0 Å². The first-order chi connectivity index (χ1) is 13.5. The maximum absolute atomic E-state index is 12.7. The summed E-state index contributed by atoms with van der Waals surface area (Å²) in [5.74, 6) is 1.34. The van der Waals surface area contributed by atoms with Gasteiger partial charge in [0, 0.05) is 37.3 Å². The van der Waals surface area contributed by atoms with Crippen molar-refractivity contribution in [3.05, 3.63) is 58.0 Å². The zero-order valence-corrected chi connectivity index (χ0v) is 16.8. The predicted molar refractivity (Wildman–Crippen MR) is 108 cm³/mol. The van der Waals surface area contributed by atoms with Crippen LogP contribution in [0, 0.1) is 6.92 Å². The zero-order chi connectivity index (χ0) is 20.1. The lowest BCUT2D eigenvalue weighted by molar-refractivity contribution is 0.0772. The molecule has 1 aromatic carbocycles. The van der Waals surface area contributed by atoms with Gasteiger partial charge in [0.25, 0.3) is 11.5 Å². The van der Waals surface area contributed by atoms with Gasteiger partial charge in [0.05, 0.1) is 13.2 Å². The first kappa shape index (κ1) is 20.0. The summed E-state index contributed by atoms with van der Waals surface area (Å²) in [5, 5.41) is 0. The van der Waals surface area contributed by atoms with Crippen LogP contribution in [0.25, 0.3) is 0 Å². The van der Waals surface area contributed by atoms with E-state index in [1.54, 1.807) is 16.5 Å². The van der Waals surface area contributed by atoms with Crippen molar-refractivity contribution in [3.8, 4) is 11.5 Å². The van der Waals surface area contributed by atoms with Crippen LogP contribution >= 0.6 is 0 Å². The van der Waals surface area contributed by atoms with E-state index in [0.29, 0.717) is 31.0 Å². The molecule has 28 heavy (non-hydrogen) atoms. The Bertz CT molecular complexity index is 873. The standard InChI is InChI=1S/C22H28N2O4/c1-4-5-12-27-18-8-6-17(7-9-18)22(26)24-11-10-19(15-24)28-20-13-16(2)23(3)21(25)14-20/h6-9,13-14,19H,4-5,10-12,15H2,1-3H3. The number of carbonyl (C=O) groups excluding carboxylic acids is 1. The van der Waals surface area contributed by atoms with E-state index in [2.05, 4.69) is 6.92 Å². The topological polar surface area (TPSA) is 60.8 Å². The number of hydrogen-bond donors (Lipinski definition) is 0. The molecule has 0 radical (unpaired) electrons. The van der Waals surface area contributed by atoms with Gasteiger partial charge in [0.1, 0.15) is 17.6 Å². The van der Waals surface area contributed by atoms with Gasteiger partial charge in [-0.3, -0.25) is 9.59 Å². The third kappa shape index (κ3) is 4.74. The summed E-state index contributed by atoms with van der Waals surface area (Å²) in [6.07, 6.45) is 2.75. The summed E-state index contributed by atoms with van der Waals surface area (Å²) in [6, 6.07) is 10.6. The highest BCUT2D eigenvalue weighted by Gasteiger charge is 2.28. The van der Waals surface area contributed by atoms with Crippen LogP contribution in [-0.4, -0.2) is 41.2 Å². The molecule has 1 aliphatic heterocycles. The molecule has 0 saturated carbocycles. The van der Waals surface area contributed by atoms with Crippen molar-refractivity contribution in [1.82, 2.24) is 9.47 Å². The Kier molecular flexibility index (Phi) is 6.39. The molecular formula is C22H28N2O4. The molecule has 1 fully saturated rings. The van der Waals surface area contributed by atoms with Gasteiger partial charge >= 0.3 is 0 Å². The highest BCUT2D eigenvalue weighted by Crippen LogP contribution is 2.21. The fraction of sp³-hybridized carbons (Fsp3) is 0.455. The number of amides is 1. The average molecular weight is 384 g/mol. The molecule has 3 rings (SSSR count). The first-order valence-corrected chi connectivity index (χ1v) is 9.84. The van der Waals surface area contributed by atoms with Crippen molar-refractivity contribution in [2.24, 2.45) is 7.05 Å². The van der Waals surface area contributed by atoms with Gasteiger partial charge in [0.15, 0.2) is 0 Å². The molecule has 0 bridgehead atoms. The Hall–Kier alpha value is -2.76. The number of carbonyl (C=O) groups is 1. The Morgan fingerprint density at radius 2 is 1.93 bits per heavy atom. The van der Waals surface area contributed by atoms with Crippen molar-refractivity contribution < 1.29 is 14.3 Å². The van der Waals surface area contributed by atoms with Crippen LogP contribution in [0.15, 0.2) is 41.2 Å². The quantitative estimate of drug-likeness (QED) is 0.688. The molecule has 1 amide bonds. The van der Waals surface area contributed by atoms with Crippen molar-refractivity contribution in [3.63, 3.8) is 0 Å². The number of aryl methyl sites for hydroxylation is 1. The van der Waals surface area contributed by atoms with E-state index in [-0.39, 0.29) is 17.6 Å². The number of nitrogens with zero attached hydrogens (tertiary/aromatic N) is 2. The number of aromatic nitrogens is 1. The number of rotatable bonds is 7. The third-order valence-electron chi connectivity index (χ3n) is 5.08. The highest BCUT2D eigenvalue weighted by atomic mass is 16.5. The van der Waals surface area contributed by atoms with Crippen molar-refractivity contribution in [2.75, 3.05) is 19.7 Å². The fourth-order valence-corrected chi connectivity index (χ4v) is 3.22. The first-order valence-electron chi connectivity index (χ1n) is 9.84. The lowest BCUT2D eigenvalue weighted by Gasteiger charge is -2.18. The van der Waals surface area contributed by atoms with E-state index < -0.39 is 0 Å². The largest absolute Gasteiger partial charge is 0.494 e. The van der Waals surface area contributed by atoms with E-state index in [0.717, 1.165) is 30.7 Å². The lowest BCUT2D eigenvalue weighted by Crippen LogP contribution is -2.31. The monoisotopic (exact) mass is 384 g/mol. The molecule has 1 unspecified atom stereocenters. The molecule has 2 aromatic rings. The molecular weight excluding hydrogens is 356 g/mol. The Labute approximate surface area is 165 Å². The van der Waals surface area contributed by atoms with Gasteiger partial charge in [-0.25, -0.2) is 0 Å². The number of benzene rings is 1. The summed E-state index contributed by atoms with van der Waals surface area (Å²) in [6.45, 7) is 5.84. The molecule has 0 aliphatic carbocycles. The average Bonchev–Trinajstić information content (AvgIpc) is 3.14. The Balaban J connectivity index is 1.57. The molecule has 0 spiro atoms. The summed E-state index contributed by atoms with van der Waals surface area (Å²) >= 11 is 0. The molecule has 1 saturated heterocycles. The van der Waals surface area contributed by atoms with E-state index in [1.165, 1.54) is 6.07 Å².